The van der Waals surface area contributed by atoms with Crippen LogP contribution < -0.4 is 10.1 Å². The minimum atomic E-state index is -4.72. The Hall–Kier alpha value is -2.96. The molecule has 0 aliphatic heterocycles. The van der Waals surface area contributed by atoms with Gasteiger partial charge < -0.3 is 15.0 Å². The lowest BCUT2D eigenvalue weighted by atomic mass is 10.1. The van der Waals surface area contributed by atoms with E-state index in [-0.39, 0.29) is 18.2 Å². The maximum absolute atomic E-state index is 12.3. The highest BCUT2D eigenvalue weighted by Crippen LogP contribution is 2.23. The third-order valence-corrected chi connectivity index (χ3v) is 4.18. The molecular formula is C19H17F3N2O2. The number of benzene rings is 2. The van der Waals surface area contributed by atoms with Gasteiger partial charge in [0.25, 0.3) is 5.91 Å². The van der Waals surface area contributed by atoms with Crippen LogP contribution in [-0.4, -0.2) is 17.3 Å². The van der Waals surface area contributed by atoms with Crippen molar-refractivity contribution >= 4 is 16.8 Å². The van der Waals surface area contributed by atoms with Crippen LogP contribution in [0.4, 0.5) is 13.2 Å². The van der Waals surface area contributed by atoms with E-state index in [1.807, 2.05) is 26.0 Å². The number of hydrogen-bond acceptors (Lipinski definition) is 2. The minimum Gasteiger partial charge on any atom is -0.406 e. The number of H-pyrrole nitrogens is 1. The molecule has 2 aromatic carbocycles. The molecule has 1 heterocycles. The fraction of sp³-hybridized carbons (Fsp3) is 0.211. The van der Waals surface area contributed by atoms with Crippen molar-refractivity contribution in [1.29, 1.82) is 0 Å². The van der Waals surface area contributed by atoms with Crippen LogP contribution in [0.15, 0.2) is 42.5 Å². The number of carbonyl (C=O) groups is 1. The normalized spacial score (nSPS) is 11.6. The molecule has 26 heavy (non-hydrogen) atoms. The number of fused-ring (bicyclic) bond motifs is 1. The molecule has 0 fully saturated rings. The number of aromatic nitrogens is 1. The van der Waals surface area contributed by atoms with E-state index in [1.54, 1.807) is 6.07 Å². The molecule has 0 aliphatic carbocycles. The molecule has 0 unspecified atom stereocenters. The number of nitrogens with one attached hydrogen (secondary N) is 2. The van der Waals surface area contributed by atoms with Crippen molar-refractivity contribution in [2.24, 2.45) is 0 Å². The Morgan fingerprint density at radius 3 is 2.46 bits per heavy atom. The molecule has 0 saturated carbocycles. The van der Waals surface area contributed by atoms with Gasteiger partial charge >= 0.3 is 6.36 Å². The van der Waals surface area contributed by atoms with Crippen molar-refractivity contribution in [3.63, 3.8) is 0 Å². The number of alkyl halides is 3. The van der Waals surface area contributed by atoms with Gasteiger partial charge in [-0.3, -0.25) is 4.79 Å². The summed E-state index contributed by atoms with van der Waals surface area (Å²) in [5.41, 5.74) is 4.31. The van der Waals surface area contributed by atoms with Crippen LogP contribution in [0.25, 0.3) is 10.9 Å². The van der Waals surface area contributed by atoms with Crippen molar-refractivity contribution in [3.8, 4) is 5.75 Å². The van der Waals surface area contributed by atoms with Crippen molar-refractivity contribution in [2.75, 3.05) is 0 Å². The number of halogens is 3. The van der Waals surface area contributed by atoms with Gasteiger partial charge in [-0.15, -0.1) is 13.2 Å². The SMILES string of the molecule is Cc1[nH]c2ccc(C(=O)NCc3ccc(OC(F)(F)F)cc3)cc2c1C. The maximum Gasteiger partial charge on any atom is 0.573 e. The second kappa shape index (κ2) is 6.74. The van der Waals surface area contributed by atoms with Crippen molar-refractivity contribution in [1.82, 2.24) is 10.3 Å². The Balaban J connectivity index is 1.66. The smallest absolute Gasteiger partial charge is 0.406 e. The highest BCUT2D eigenvalue weighted by Gasteiger charge is 2.30. The second-order valence-corrected chi connectivity index (χ2v) is 6.01. The predicted molar refractivity (Wildman–Crippen MR) is 92.1 cm³/mol. The molecule has 0 atom stereocenters. The first-order chi connectivity index (χ1) is 12.2. The number of hydrogen-bond donors (Lipinski definition) is 2. The van der Waals surface area contributed by atoms with Gasteiger partial charge in [0.05, 0.1) is 0 Å². The molecule has 7 heteroatoms. The van der Waals surface area contributed by atoms with E-state index < -0.39 is 6.36 Å². The molecule has 136 valence electrons. The average molecular weight is 362 g/mol. The summed E-state index contributed by atoms with van der Waals surface area (Å²) in [6, 6.07) is 10.8. The number of aromatic amines is 1. The van der Waals surface area contributed by atoms with Crippen molar-refractivity contribution in [3.05, 3.63) is 64.8 Å². The Labute approximate surface area is 148 Å². The van der Waals surface area contributed by atoms with E-state index in [2.05, 4.69) is 15.0 Å². The van der Waals surface area contributed by atoms with Crippen LogP contribution in [0, 0.1) is 13.8 Å². The molecule has 3 rings (SSSR count). The summed E-state index contributed by atoms with van der Waals surface area (Å²) in [4.78, 5) is 15.6. The second-order valence-electron chi connectivity index (χ2n) is 6.01. The van der Waals surface area contributed by atoms with Crippen LogP contribution in [0.5, 0.6) is 5.75 Å². The van der Waals surface area contributed by atoms with E-state index in [0.29, 0.717) is 11.1 Å². The van der Waals surface area contributed by atoms with Crippen molar-refractivity contribution < 1.29 is 22.7 Å². The zero-order valence-corrected chi connectivity index (χ0v) is 14.2. The Morgan fingerprint density at radius 2 is 1.81 bits per heavy atom. The maximum atomic E-state index is 12.3. The summed E-state index contributed by atoms with van der Waals surface area (Å²) in [6.07, 6.45) is -4.72. The molecule has 3 aromatic rings. The molecule has 0 saturated heterocycles. The lowest BCUT2D eigenvalue weighted by Gasteiger charge is -2.10. The van der Waals surface area contributed by atoms with Crippen molar-refractivity contribution in [2.45, 2.75) is 26.8 Å². The lowest BCUT2D eigenvalue weighted by molar-refractivity contribution is -0.274. The molecule has 0 spiro atoms. The summed E-state index contributed by atoms with van der Waals surface area (Å²) in [7, 11) is 0. The third-order valence-electron chi connectivity index (χ3n) is 4.18. The number of amides is 1. The zero-order chi connectivity index (χ0) is 18.9. The van der Waals surface area contributed by atoms with Gasteiger partial charge in [-0.25, -0.2) is 0 Å². The number of aryl methyl sites for hydroxylation is 2. The largest absolute Gasteiger partial charge is 0.573 e. The van der Waals surface area contributed by atoms with Gasteiger partial charge in [0, 0.05) is 28.7 Å². The predicted octanol–water partition coefficient (Wildman–Crippen LogP) is 4.61. The number of ether oxygens (including phenoxy) is 1. The highest BCUT2D eigenvalue weighted by atomic mass is 19.4. The van der Waals surface area contributed by atoms with Gasteiger partial charge in [0.2, 0.25) is 0 Å². The van der Waals surface area contributed by atoms with E-state index in [1.165, 1.54) is 24.3 Å². The van der Waals surface area contributed by atoms with Crippen LogP contribution in [0.3, 0.4) is 0 Å². The molecule has 1 amide bonds. The Bertz CT molecular complexity index is 944. The van der Waals surface area contributed by atoms with E-state index in [9.17, 15) is 18.0 Å². The monoisotopic (exact) mass is 362 g/mol. The summed E-state index contributed by atoms with van der Waals surface area (Å²) in [6.45, 7) is 4.16. The van der Waals surface area contributed by atoms with Gasteiger partial charge in [-0.05, 0) is 55.3 Å². The van der Waals surface area contributed by atoms with Gasteiger partial charge in [-0.1, -0.05) is 12.1 Å². The topological polar surface area (TPSA) is 54.1 Å². The highest BCUT2D eigenvalue weighted by molar-refractivity contribution is 5.99. The van der Waals surface area contributed by atoms with E-state index >= 15 is 0 Å². The summed E-state index contributed by atoms with van der Waals surface area (Å²) in [5, 5.41) is 3.75. The first-order valence-electron chi connectivity index (χ1n) is 7.95. The Morgan fingerprint density at radius 1 is 1.12 bits per heavy atom. The Kier molecular flexibility index (Phi) is 4.63. The molecule has 4 nitrogen and oxygen atoms in total. The minimum absolute atomic E-state index is 0.203. The molecule has 2 N–H and O–H groups in total. The molecular weight excluding hydrogens is 345 g/mol. The van der Waals surface area contributed by atoms with Crippen LogP contribution in [-0.2, 0) is 6.54 Å². The zero-order valence-electron chi connectivity index (χ0n) is 14.2. The lowest BCUT2D eigenvalue weighted by Crippen LogP contribution is -2.22. The standard InChI is InChI=1S/C19H17F3N2O2/c1-11-12(2)24-17-8-5-14(9-16(11)17)18(25)23-10-13-3-6-15(7-4-13)26-19(20,21)22/h3-9,24H,10H2,1-2H3,(H,23,25). The molecule has 0 radical (unpaired) electrons. The van der Waals surface area contributed by atoms with Crippen LogP contribution >= 0.6 is 0 Å². The van der Waals surface area contributed by atoms with Gasteiger partial charge in [0.1, 0.15) is 5.75 Å². The number of carbonyl (C=O) groups excluding carboxylic acids is 1. The van der Waals surface area contributed by atoms with Crippen LogP contribution in [0.1, 0.15) is 27.2 Å². The first kappa shape index (κ1) is 17.8. The van der Waals surface area contributed by atoms with Gasteiger partial charge in [0.15, 0.2) is 0 Å². The fourth-order valence-corrected chi connectivity index (χ4v) is 2.70. The summed E-state index contributed by atoms with van der Waals surface area (Å²) >= 11 is 0. The summed E-state index contributed by atoms with van der Waals surface area (Å²) < 4.78 is 40.2. The van der Waals surface area contributed by atoms with Crippen LogP contribution in [0.2, 0.25) is 0 Å². The molecule has 0 bridgehead atoms. The quantitative estimate of drug-likeness (QED) is 0.712. The average Bonchev–Trinajstić information content (AvgIpc) is 2.86. The van der Waals surface area contributed by atoms with E-state index in [0.717, 1.165) is 22.2 Å². The first-order valence-corrected chi connectivity index (χ1v) is 7.95. The summed E-state index contributed by atoms with van der Waals surface area (Å²) in [5.74, 6) is -0.544. The molecule has 1 aromatic heterocycles. The fourth-order valence-electron chi connectivity index (χ4n) is 2.70. The molecule has 0 aliphatic rings. The number of rotatable bonds is 4. The third kappa shape index (κ3) is 3.99. The van der Waals surface area contributed by atoms with E-state index in [4.69, 9.17) is 0 Å². The van der Waals surface area contributed by atoms with Gasteiger partial charge in [-0.2, -0.15) is 0 Å².